The molecule has 0 unspecified atom stereocenters. The molecule has 400 valence electrons. The Morgan fingerprint density at radius 1 is 0.271 bits per heavy atom. The third kappa shape index (κ3) is 9.03. The van der Waals surface area contributed by atoms with Gasteiger partial charge in [0.15, 0.2) is 0 Å². The highest BCUT2D eigenvalue weighted by Crippen LogP contribution is 2.46. The lowest BCUT2D eigenvalue weighted by molar-refractivity contribution is 1.18. The van der Waals surface area contributed by atoms with E-state index >= 15 is 0 Å². The molecule has 0 fully saturated rings. The van der Waals surface area contributed by atoms with Crippen LogP contribution in [0, 0.1) is 0 Å². The van der Waals surface area contributed by atoms with Gasteiger partial charge in [0.25, 0.3) is 6.71 Å². The van der Waals surface area contributed by atoms with Crippen molar-refractivity contribution < 1.29 is 0 Å². The van der Waals surface area contributed by atoms with Crippen LogP contribution in [0.1, 0.15) is 0 Å². The summed E-state index contributed by atoms with van der Waals surface area (Å²) < 4.78 is 2.42. The van der Waals surface area contributed by atoms with Gasteiger partial charge in [0, 0.05) is 50.6 Å². The maximum Gasteiger partial charge on any atom is 0.252 e. The van der Waals surface area contributed by atoms with E-state index in [1.54, 1.807) is 0 Å². The third-order valence-corrected chi connectivity index (χ3v) is 25.9. The van der Waals surface area contributed by atoms with Gasteiger partial charge < -0.3 is 14.4 Å². The summed E-state index contributed by atoms with van der Waals surface area (Å²) in [5, 5.41) is 13.9. The van der Waals surface area contributed by atoms with Crippen LogP contribution < -0.4 is 67.7 Å². The van der Waals surface area contributed by atoms with Crippen LogP contribution in [0.25, 0.3) is 38.6 Å². The zero-order valence-electron chi connectivity index (χ0n) is 47.0. The summed E-state index contributed by atoms with van der Waals surface area (Å²) in [6, 6.07) is 124. The summed E-state index contributed by atoms with van der Waals surface area (Å²) in [5.74, 6) is 0. The van der Waals surface area contributed by atoms with E-state index in [9.17, 15) is 0 Å². The van der Waals surface area contributed by atoms with Crippen molar-refractivity contribution >= 4 is 148 Å². The van der Waals surface area contributed by atoms with Crippen LogP contribution in [0.2, 0.25) is 0 Å². The Bertz CT molecular complexity index is 4600. The smallest absolute Gasteiger partial charge is 0.252 e. The first-order valence-electron chi connectivity index (χ1n) is 29.7. The molecule has 2 aliphatic rings. The third-order valence-electron chi connectivity index (χ3n) is 17.8. The Hall–Kier alpha value is -10.0. The van der Waals surface area contributed by atoms with Gasteiger partial charge in [0.1, 0.15) is 17.6 Å². The minimum atomic E-state index is -1.94. The van der Waals surface area contributed by atoms with Crippen LogP contribution in [0.4, 0.5) is 34.1 Å². The van der Waals surface area contributed by atoms with Gasteiger partial charge in [-0.3, -0.25) is 0 Å². The van der Waals surface area contributed by atoms with Crippen molar-refractivity contribution in [2.45, 2.75) is 0 Å². The Balaban J connectivity index is 0.921. The number of rotatable bonds is 12. The lowest BCUT2D eigenvalue weighted by Crippen LogP contribution is -2.63. The van der Waals surface area contributed by atoms with Gasteiger partial charge in [-0.1, -0.05) is 296 Å². The molecule has 0 radical (unpaired) electrons. The molecule has 13 aromatic carbocycles. The van der Waals surface area contributed by atoms with E-state index in [0.717, 1.165) is 17.1 Å². The molecular weight excluding hydrogens is 1070 g/mol. The molecule has 0 spiro atoms. The van der Waals surface area contributed by atoms with Crippen LogP contribution in [0.3, 0.4) is 0 Å². The van der Waals surface area contributed by atoms with Gasteiger partial charge in [-0.25, -0.2) is 0 Å². The maximum atomic E-state index is 2.62. The average Bonchev–Trinajstić information content (AvgIpc) is 1.85. The molecule has 0 amide bonds. The molecule has 85 heavy (non-hydrogen) atoms. The van der Waals surface area contributed by atoms with Crippen molar-refractivity contribution in [3.05, 3.63) is 328 Å². The Morgan fingerprint density at radius 2 is 0.671 bits per heavy atom. The number of para-hydroxylation sites is 3. The fraction of sp³-hybridized carbons (Fsp3) is 0. The van der Waals surface area contributed by atoms with E-state index in [1.807, 2.05) is 0 Å². The van der Waals surface area contributed by atoms with Gasteiger partial charge in [-0.15, -0.1) is 0 Å². The van der Waals surface area contributed by atoms with Crippen LogP contribution >= 0.6 is 0 Å². The van der Waals surface area contributed by atoms with E-state index < -0.39 is 27.1 Å². The summed E-state index contributed by atoms with van der Waals surface area (Å²) >= 11 is 0. The molecule has 16 rings (SSSR count). The van der Waals surface area contributed by atoms with Crippen molar-refractivity contribution in [3.8, 4) is 16.8 Å². The first kappa shape index (κ1) is 50.7. The number of hydrogen-bond acceptors (Lipinski definition) is 2. The molecular formula is C78H58BN3Si3. The van der Waals surface area contributed by atoms with Crippen LogP contribution in [0.15, 0.2) is 328 Å². The van der Waals surface area contributed by atoms with Crippen LogP contribution in [-0.2, 0) is 0 Å². The number of benzene rings is 13. The number of anilines is 6. The zero-order valence-corrected chi connectivity index (χ0v) is 50.7. The maximum absolute atomic E-state index is 2.62. The lowest BCUT2D eigenvalue weighted by atomic mass is 9.33. The summed E-state index contributed by atoms with van der Waals surface area (Å²) in [6.07, 6.45) is 0. The molecule has 0 aliphatic carbocycles. The highest BCUT2D eigenvalue weighted by molar-refractivity contribution is 7.01. The first-order chi connectivity index (χ1) is 42.2. The Labute approximate surface area is 503 Å². The fourth-order valence-corrected chi connectivity index (χ4v) is 21.4. The molecule has 14 aromatic rings. The van der Waals surface area contributed by atoms with E-state index in [2.05, 4.69) is 342 Å². The van der Waals surface area contributed by atoms with E-state index in [1.165, 1.54) is 114 Å². The number of hydrogen-bond donors (Lipinski definition) is 0. The van der Waals surface area contributed by atoms with Gasteiger partial charge >= 0.3 is 0 Å². The summed E-state index contributed by atoms with van der Waals surface area (Å²) in [7, 11) is -4.44. The molecule has 7 heteroatoms. The van der Waals surface area contributed by atoms with E-state index in [4.69, 9.17) is 0 Å². The van der Waals surface area contributed by atoms with Gasteiger partial charge in [0.05, 0.1) is 20.6 Å². The SMILES string of the molecule is c1ccc([SiH2]c2ccc(N3c4ccc([SiH](c5ccccc5)c5ccccc5)cc4B4c5ccccc5N(c5ccc([SiH](c6ccccc6)c6ccccc6)cc5)c5cc(-c6ccc(-n7c8ccccc8c8ccccc87)cc6)cc3c54)cc2)cc1. The van der Waals surface area contributed by atoms with Crippen molar-refractivity contribution in [1.29, 1.82) is 0 Å². The second-order valence-electron chi connectivity index (χ2n) is 22.8. The van der Waals surface area contributed by atoms with E-state index in [0.29, 0.717) is 0 Å². The summed E-state index contributed by atoms with van der Waals surface area (Å²) in [6.45, 7) is -0.0476. The molecule has 0 saturated heterocycles. The average molecular weight is 1130 g/mol. The summed E-state index contributed by atoms with van der Waals surface area (Å²) in [5.41, 5.74) is 17.0. The first-order valence-corrected chi connectivity index (χ1v) is 34.6. The Morgan fingerprint density at radius 3 is 1.21 bits per heavy atom. The van der Waals surface area contributed by atoms with Crippen LogP contribution in [-0.4, -0.2) is 38.4 Å². The predicted molar refractivity (Wildman–Crippen MR) is 372 cm³/mol. The van der Waals surface area contributed by atoms with Crippen molar-refractivity contribution in [2.24, 2.45) is 0 Å². The second kappa shape index (κ2) is 21.6. The number of fused-ring (bicyclic) bond motifs is 7. The lowest BCUT2D eigenvalue weighted by Gasteiger charge is -2.44. The molecule has 0 N–H and O–H groups in total. The molecule has 3 heterocycles. The molecule has 0 bridgehead atoms. The second-order valence-corrected chi connectivity index (χ2v) is 30.5. The monoisotopic (exact) mass is 1130 g/mol. The molecule has 2 aliphatic heterocycles. The number of aromatic nitrogens is 1. The minimum absolute atomic E-state index is 0.0476. The molecule has 3 nitrogen and oxygen atoms in total. The fourth-order valence-electron chi connectivity index (χ4n) is 14.0. The topological polar surface area (TPSA) is 11.4 Å². The van der Waals surface area contributed by atoms with Crippen LogP contribution in [0.5, 0.6) is 0 Å². The quantitative estimate of drug-likeness (QED) is 0.0893. The normalized spacial score (nSPS) is 12.6. The highest BCUT2D eigenvalue weighted by atomic mass is 28.3. The van der Waals surface area contributed by atoms with E-state index in [-0.39, 0.29) is 6.71 Å². The van der Waals surface area contributed by atoms with Gasteiger partial charge in [-0.2, -0.15) is 0 Å². The van der Waals surface area contributed by atoms with Gasteiger partial charge in [0.2, 0.25) is 0 Å². The zero-order chi connectivity index (χ0) is 56.2. The standard InChI is InChI=1S/C78H58BN3Si3/c1-6-22-60(23-7-1)83-61-46-42-58(43-47-61)82-75-51-50-67(85(64-28-12-4-13-29-64)65-30-14-5-15-31-65)54-71(75)79-70-34-18-21-37-74(70)81(59-44-48-66(49-45-59)84(62-24-8-2-9-25-62)63-26-10-3-11-27-63)76-52-56(53-77(82)78(76)79)55-38-40-57(41-39-55)80-72-35-19-16-32-68(72)69-33-17-20-36-73(69)80/h1-54,84-85H,83H2. The van der Waals surface area contributed by atoms with Crippen molar-refractivity contribution in [1.82, 2.24) is 4.57 Å². The number of nitrogens with zero attached hydrogens (tertiary/aromatic N) is 3. The largest absolute Gasteiger partial charge is 0.311 e. The van der Waals surface area contributed by atoms with Crippen molar-refractivity contribution in [3.63, 3.8) is 0 Å². The molecule has 0 atom stereocenters. The molecule has 0 saturated carbocycles. The van der Waals surface area contributed by atoms with Gasteiger partial charge in [-0.05, 0) is 100 Å². The molecule has 1 aromatic heterocycles. The minimum Gasteiger partial charge on any atom is -0.311 e. The Kier molecular flexibility index (Phi) is 12.9. The highest BCUT2D eigenvalue weighted by Gasteiger charge is 2.44. The summed E-state index contributed by atoms with van der Waals surface area (Å²) in [4.78, 5) is 5.18. The van der Waals surface area contributed by atoms with Crippen molar-refractivity contribution in [2.75, 3.05) is 9.80 Å². The predicted octanol–water partition coefficient (Wildman–Crippen LogP) is 10.1.